The summed E-state index contributed by atoms with van der Waals surface area (Å²) in [6.07, 6.45) is 0.750. The molecule has 0 radical (unpaired) electrons. The Morgan fingerprint density at radius 2 is 2.09 bits per heavy atom. The predicted octanol–water partition coefficient (Wildman–Crippen LogP) is -1.39. The zero-order chi connectivity index (χ0) is 16.4. The molecule has 0 aromatic carbocycles. The molecule has 3 heterocycles. The maximum atomic E-state index is 12.1. The van der Waals surface area contributed by atoms with E-state index in [1.807, 2.05) is 0 Å². The molecule has 0 bridgehead atoms. The lowest BCUT2D eigenvalue weighted by Gasteiger charge is -2.16. The van der Waals surface area contributed by atoms with Gasteiger partial charge in [-0.05, 0) is 18.9 Å². The van der Waals surface area contributed by atoms with Gasteiger partial charge < -0.3 is 25.0 Å². The van der Waals surface area contributed by atoms with Crippen LogP contribution in [0.2, 0.25) is 0 Å². The van der Waals surface area contributed by atoms with Crippen LogP contribution >= 0.6 is 0 Å². The lowest BCUT2D eigenvalue weighted by Crippen LogP contribution is -2.35. The molecule has 23 heavy (non-hydrogen) atoms. The van der Waals surface area contributed by atoms with Crippen molar-refractivity contribution in [2.45, 2.75) is 37.4 Å². The number of hydrogen-bond acceptors (Lipinski definition) is 7. The molecule has 9 nitrogen and oxygen atoms in total. The summed E-state index contributed by atoms with van der Waals surface area (Å²) < 4.78 is 6.39. The van der Waals surface area contributed by atoms with Gasteiger partial charge in [-0.1, -0.05) is 0 Å². The molecular weight excluding hydrogens is 304 g/mol. The topological polar surface area (TPSA) is 120 Å². The van der Waals surface area contributed by atoms with Crippen LogP contribution in [-0.4, -0.2) is 74.1 Å². The molecule has 3 N–H and O–H groups in total. The second kappa shape index (κ2) is 6.75. The van der Waals surface area contributed by atoms with Crippen molar-refractivity contribution in [3.8, 4) is 0 Å². The fourth-order valence-corrected chi connectivity index (χ4v) is 2.78. The molecule has 4 atom stereocenters. The fraction of sp³-hybridized carbons (Fsp3) is 0.643. The van der Waals surface area contributed by atoms with Gasteiger partial charge in [-0.2, -0.15) is 4.98 Å². The number of hydrogen-bond donors (Lipinski definition) is 3. The number of likely N-dealkylation sites (tertiary alicyclic amines) is 1. The second-order valence-electron chi connectivity index (χ2n) is 5.69. The highest BCUT2D eigenvalue weighted by Crippen LogP contribution is 2.28. The minimum absolute atomic E-state index is 0.268. The van der Waals surface area contributed by atoms with Crippen molar-refractivity contribution >= 4 is 12.2 Å². The van der Waals surface area contributed by atoms with E-state index in [0.717, 1.165) is 30.5 Å². The Morgan fingerprint density at radius 3 is 2.70 bits per heavy atom. The number of rotatable bonds is 4. The predicted molar refractivity (Wildman–Crippen MR) is 80.5 cm³/mol. The summed E-state index contributed by atoms with van der Waals surface area (Å²) in [5, 5.41) is 28.8. The molecule has 2 fully saturated rings. The van der Waals surface area contributed by atoms with Crippen LogP contribution in [0.4, 0.5) is 5.82 Å². The van der Waals surface area contributed by atoms with Crippen LogP contribution in [-0.2, 0) is 4.74 Å². The van der Waals surface area contributed by atoms with Gasteiger partial charge in [0, 0.05) is 19.3 Å². The molecule has 9 heteroatoms. The van der Waals surface area contributed by atoms with Gasteiger partial charge in [0.15, 0.2) is 12.0 Å². The lowest BCUT2D eigenvalue weighted by molar-refractivity contribution is -0.0549. The quantitative estimate of drug-likeness (QED) is 0.460. The van der Waals surface area contributed by atoms with E-state index >= 15 is 0 Å². The number of ether oxygens (including phenoxy) is 1. The van der Waals surface area contributed by atoms with Gasteiger partial charge in [0.05, 0.1) is 12.9 Å². The van der Waals surface area contributed by atoms with Gasteiger partial charge in [-0.3, -0.25) is 4.57 Å². The summed E-state index contributed by atoms with van der Waals surface area (Å²) >= 11 is 0. The van der Waals surface area contributed by atoms with Crippen molar-refractivity contribution in [3.63, 3.8) is 0 Å². The number of aliphatic hydroxyl groups excluding tert-OH is 3. The van der Waals surface area contributed by atoms with E-state index in [2.05, 4.69) is 14.9 Å². The van der Waals surface area contributed by atoms with E-state index in [1.165, 1.54) is 12.3 Å². The Hall–Kier alpha value is -1.81. The first-order valence-electron chi connectivity index (χ1n) is 7.60. The molecule has 1 aromatic heterocycles. The largest absolute Gasteiger partial charge is 0.394 e. The van der Waals surface area contributed by atoms with Gasteiger partial charge >= 0.3 is 5.69 Å². The number of nitrogens with zero attached hydrogens (tertiary/aromatic N) is 4. The van der Waals surface area contributed by atoms with Crippen molar-refractivity contribution in [2.75, 3.05) is 19.7 Å². The highest BCUT2D eigenvalue weighted by Gasteiger charge is 2.43. The SMILES string of the molecule is O=c1nc(/N=C/N2CCCC2)ccn1[C@@H]1O[C@H](CO)[C@H](O)C1O. The lowest BCUT2D eigenvalue weighted by atomic mass is 10.1. The van der Waals surface area contributed by atoms with E-state index in [0.29, 0.717) is 0 Å². The number of aromatic nitrogens is 2. The Labute approximate surface area is 132 Å². The molecular formula is C14H20N4O5. The minimum Gasteiger partial charge on any atom is -0.394 e. The standard InChI is InChI=1S/C14H20N4O5/c19-7-9-11(20)12(21)13(23-9)18-6-3-10(16-14(18)22)15-8-17-4-1-2-5-17/h3,6,8-9,11-13,19-21H,1-2,4-5,7H2/b15-8+/t9-,11+,12?,13-/m1/s1. The smallest absolute Gasteiger partial charge is 0.351 e. The fourth-order valence-electron chi connectivity index (χ4n) is 2.78. The van der Waals surface area contributed by atoms with Crippen molar-refractivity contribution in [3.05, 3.63) is 22.7 Å². The Kier molecular flexibility index (Phi) is 4.71. The summed E-state index contributed by atoms with van der Waals surface area (Å²) in [5.74, 6) is 0.268. The highest BCUT2D eigenvalue weighted by atomic mass is 16.6. The zero-order valence-corrected chi connectivity index (χ0v) is 12.5. The van der Waals surface area contributed by atoms with Crippen LogP contribution in [0.5, 0.6) is 0 Å². The van der Waals surface area contributed by atoms with E-state index in [9.17, 15) is 15.0 Å². The third-order valence-corrected chi connectivity index (χ3v) is 4.10. The van der Waals surface area contributed by atoms with Gasteiger partial charge in [0.25, 0.3) is 0 Å². The molecule has 0 saturated carbocycles. The van der Waals surface area contributed by atoms with Crippen LogP contribution in [0.25, 0.3) is 0 Å². The summed E-state index contributed by atoms with van der Waals surface area (Å²) in [5.41, 5.74) is -0.643. The zero-order valence-electron chi connectivity index (χ0n) is 12.5. The van der Waals surface area contributed by atoms with Crippen LogP contribution in [0.1, 0.15) is 19.1 Å². The number of aliphatic imine (C=N–C) groups is 1. The van der Waals surface area contributed by atoms with E-state index < -0.39 is 36.8 Å². The molecule has 1 unspecified atom stereocenters. The Bertz CT molecular complexity index is 628. The highest BCUT2D eigenvalue weighted by molar-refractivity contribution is 5.59. The molecule has 0 spiro atoms. The average molecular weight is 324 g/mol. The molecule has 0 aliphatic carbocycles. The average Bonchev–Trinajstić information content (AvgIpc) is 3.16. The van der Waals surface area contributed by atoms with Crippen LogP contribution < -0.4 is 5.69 Å². The Balaban J connectivity index is 1.76. The molecule has 0 amide bonds. The van der Waals surface area contributed by atoms with Crippen LogP contribution in [0, 0.1) is 0 Å². The van der Waals surface area contributed by atoms with Gasteiger partial charge in [0.2, 0.25) is 0 Å². The number of aliphatic hydroxyl groups is 3. The first-order valence-corrected chi connectivity index (χ1v) is 7.60. The van der Waals surface area contributed by atoms with Crippen molar-refractivity contribution in [2.24, 2.45) is 4.99 Å². The minimum atomic E-state index is -1.31. The van der Waals surface area contributed by atoms with Crippen LogP contribution in [0.15, 0.2) is 22.1 Å². The maximum absolute atomic E-state index is 12.1. The third kappa shape index (κ3) is 3.27. The molecule has 126 valence electrons. The molecule has 1 aromatic rings. The summed E-state index contributed by atoms with van der Waals surface area (Å²) in [6.45, 7) is 1.45. The van der Waals surface area contributed by atoms with Crippen molar-refractivity contribution in [1.29, 1.82) is 0 Å². The van der Waals surface area contributed by atoms with E-state index in [4.69, 9.17) is 9.84 Å². The monoisotopic (exact) mass is 324 g/mol. The van der Waals surface area contributed by atoms with Crippen LogP contribution in [0.3, 0.4) is 0 Å². The maximum Gasteiger partial charge on any atom is 0.351 e. The third-order valence-electron chi connectivity index (χ3n) is 4.10. The van der Waals surface area contributed by atoms with Gasteiger partial charge in [-0.25, -0.2) is 9.79 Å². The molecule has 2 saturated heterocycles. The summed E-state index contributed by atoms with van der Waals surface area (Å²) in [4.78, 5) is 22.2. The molecule has 3 rings (SSSR count). The van der Waals surface area contributed by atoms with Crippen molar-refractivity contribution < 1.29 is 20.1 Å². The normalized spacial score (nSPS) is 31.3. The first-order chi connectivity index (χ1) is 11.1. The second-order valence-corrected chi connectivity index (χ2v) is 5.69. The summed E-state index contributed by atoms with van der Waals surface area (Å²) in [6, 6.07) is 1.53. The van der Waals surface area contributed by atoms with Gasteiger partial charge in [0.1, 0.15) is 18.3 Å². The van der Waals surface area contributed by atoms with E-state index in [1.54, 1.807) is 6.34 Å². The van der Waals surface area contributed by atoms with Gasteiger partial charge in [-0.15, -0.1) is 0 Å². The first kappa shape index (κ1) is 16.1. The van der Waals surface area contributed by atoms with Crippen molar-refractivity contribution in [1.82, 2.24) is 14.5 Å². The summed E-state index contributed by atoms with van der Waals surface area (Å²) in [7, 11) is 0. The van der Waals surface area contributed by atoms with E-state index in [-0.39, 0.29) is 5.82 Å². The molecule has 2 aliphatic rings. The molecule has 2 aliphatic heterocycles. The Morgan fingerprint density at radius 1 is 1.35 bits per heavy atom.